The third kappa shape index (κ3) is 14.4. The van der Waals surface area contributed by atoms with Gasteiger partial charge in [-0.2, -0.15) is 0 Å². The van der Waals surface area contributed by atoms with E-state index in [4.69, 9.17) is 16.3 Å². The van der Waals surface area contributed by atoms with E-state index in [1.807, 2.05) is 106 Å². The summed E-state index contributed by atoms with van der Waals surface area (Å²) in [5.74, 6) is 0.605. The van der Waals surface area contributed by atoms with Crippen molar-refractivity contribution in [1.29, 1.82) is 0 Å². The summed E-state index contributed by atoms with van der Waals surface area (Å²) in [6.07, 6.45) is 3.60. The van der Waals surface area contributed by atoms with Crippen LogP contribution in [0.1, 0.15) is 93.7 Å². The molecular weight excluding hydrogens is 886 g/mol. The first kappa shape index (κ1) is 50.7. The molecule has 1 aliphatic heterocycles. The smallest absolute Gasteiger partial charge is 0.246 e. The summed E-state index contributed by atoms with van der Waals surface area (Å²) in [4.78, 5) is 47.5. The molecule has 1 aliphatic rings. The number of likely N-dealkylation sites (tertiary alicyclic amines) is 1. The average molecular weight is 951 g/mol. The molecular formula is C53H64ClN5O7S. The Morgan fingerprint density at radius 1 is 0.836 bits per heavy atom. The van der Waals surface area contributed by atoms with E-state index in [1.165, 1.54) is 4.90 Å². The van der Waals surface area contributed by atoms with Gasteiger partial charge in [0, 0.05) is 38.4 Å². The molecule has 14 heteroatoms. The van der Waals surface area contributed by atoms with Gasteiger partial charge in [-0.25, -0.2) is 4.98 Å². The summed E-state index contributed by atoms with van der Waals surface area (Å²) in [7, 11) is 0. The molecule has 0 saturated carbocycles. The summed E-state index contributed by atoms with van der Waals surface area (Å²) >= 11 is 7.87. The van der Waals surface area contributed by atoms with Gasteiger partial charge in [0.1, 0.15) is 35.9 Å². The van der Waals surface area contributed by atoms with Crippen LogP contribution in [0.15, 0.2) is 103 Å². The molecule has 1 aromatic heterocycles. The van der Waals surface area contributed by atoms with Crippen LogP contribution in [0.3, 0.4) is 0 Å². The highest BCUT2D eigenvalue weighted by atomic mass is 35.5. The number of carbonyl (C=O) groups is 3. The first-order valence-electron chi connectivity index (χ1n) is 23.1. The molecule has 3 amide bonds. The molecule has 4 aromatic carbocycles. The van der Waals surface area contributed by atoms with Crippen molar-refractivity contribution in [3.63, 3.8) is 0 Å². The van der Waals surface area contributed by atoms with Crippen LogP contribution in [-0.4, -0.2) is 93.2 Å². The number of benzene rings is 4. The summed E-state index contributed by atoms with van der Waals surface area (Å²) in [6.45, 7) is 9.91. The standard InChI is InChI=1S/C53H64ClN5O7S/c1-35-49(67-34-57-35)40-12-10-36(11-13-40)32-56-51(64)46-31-43(62)33-59(46)52(65)50(53(2,3)4)58-47(63)9-7-5-6-8-28-55-29-30-66-44-24-18-39(19-25-44)48(38-16-22-42(61)23-17-38)45(26-27-54)37-14-20-41(60)21-15-37/h10-25,34,43,46,50,55,60-62H,5-9,26-33H2,1-4H3,(H,56,64)(H,58,63)/t43-,46+,50-/m1/s1. The third-order valence-corrected chi connectivity index (χ3v) is 13.1. The molecule has 356 valence electrons. The van der Waals surface area contributed by atoms with Crippen LogP contribution >= 0.6 is 22.9 Å². The number of aryl methyl sites for hydroxylation is 1. The number of aromatic nitrogens is 1. The van der Waals surface area contributed by atoms with Crippen LogP contribution in [0.2, 0.25) is 0 Å². The van der Waals surface area contributed by atoms with Crippen LogP contribution in [0.5, 0.6) is 17.2 Å². The number of aliphatic hydroxyl groups excluding tert-OH is 1. The fourth-order valence-electron chi connectivity index (χ4n) is 8.30. The zero-order valence-corrected chi connectivity index (χ0v) is 40.5. The Bertz CT molecular complexity index is 2420. The lowest BCUT2D eigenvalue weighted by Crippen LogP contribution is -2.57. The van der Waals surface area contributed by atoms with Crippen molar-refractivity contribution < 1.29 is 34.4 Å². The molecule has 0 unspecified atom stereocenters. The zero-order valence-electron chi connectivity index (χ0n) is 38.9. The normalized spacial score (nSPS) is 15.8. The predicted octanol–water partition coefficient (Wildman–Crippen LogP) is 8.85. The molecule has 6 rings (SSSR count). The van der Waals surface area contributed by atoms with Crippen LogP contribution in [0.25, 0.3) is 21.6 Å². The molecule has 0 radical (unpaired) electrons. The van der Waals surface area contributed by atoms with Crippen molar-refractivity contribution in [2.24, 2.45) is 5.41 Å². The molecule has 0 bridgehead atoms. The minimum Gasteiger partial charge on any atom is -0.508 e. The van der Waals surface area contributed by atoms with Crippen molar-refractivity contribution in [2.75, 3.05) is 32.1 Å². The number of nitrogens with one attached hydrogen (secondary N) is 3. The number of ether oxygens (including phenoxy) is 1. The Labute approximate surface area is 403 Å². The number of alkyl halides is 1. The predicted molar refractivity (Wildman–Crippen MR) is 267 cm³/mol. The van der Waals surface area contributed by atoms with Crippen LogP contribution in [0.4, 0.5) is 0 Å². The number of hydrogen-bond donors (Lipinski definition) is 6. The number of carbonyl (C=O) groups excluding carboxylic acids is 3. The van der Waals surface area contributed by atoms with E-state index < -0.39 is 23.6 Å². The summed E-state index contributed by atoms with van der Waals surface area (Å²) in [5.41, 5.74) is 9.00. The highest BCUT2D eigenvalue weighted by molar-refractivity contribution is 7.13. The lowest BCUT2D eigenvalue weighted by Gasteiger charge is -2.35. The molecule has 1 fully saturated rings. The SMILES string of the molecule is Cc1ncsc1-c1ccc(CNC(=O)[C@@H]2C[C@@H](O)CN2C(=O)[C@@H](NC(=O)CCCCCCNCCOc2ccc(C(=C(CCCl)c3ccc(O)cc3)c3ccc(O)cc3)cc2)C(C)(C)C)cc1. The minimum atomic E-state index is -0.863. The zero-order chi connectivity index (χ0) is 47.9. The monoisotopic (exact) mass is 949 g/mol. The second kappa shape index (κ2) is 24.3. The van der Waals surface area contributed by atoms with E-state index in [0.29, 0.717) is 31.9 Å². The van der Waals surface area contributed by atoms with E-state index in [1.54, 1.807) is 35.6 Å². The number of allylic oxidation sites excluding steroid dienone is 1. The number of hydrogen-bond acceptors (Lipinski definition) is 10. The van der Waals surface area contributed by atoms with Crippen LogP contribution in [0, 0.1) is 12.3 Å². The van der Waals surface area contributed by atoms with E-state index in [2.05, 4.69) is 20.9 Å². The highest BCUT2D eigenvalue weighted by Crippen LogP contribution is 2.37. The molecule has 67 heavy (non-hydrogen) atoms. The fourth-order valence-corrected chi connectivity index (χ4v) is 9.30. The van der Waals surface area contributed by atoms with Gasteiger partial charge in [-0.15, -0.1) is 22.9 Å². The summed E-state index contributed by atoms with van der Waals surface area (Å²) < 4.78 is 6.04. The Hall–Kier alpha value is -5.73. The molecule has 12 nitrogen and oxygen atoms in total. The largest absolute Gasteiger partial charge is 0.508 e. The van der Waals surface area contributed by atoms with Crippen molar-refractivity contribution >= 4 is 51.8 Å². The van der Waals surface area contributed by atoms with Gasteiger partial charge < -0.3 is 40.9 Å². The number of rotatable bonds is 22. The number of halogens is 1. The van der Waals surface area contributed by atoms with Crippen molar-refractivity contribution in [3.05, 3.63) is 131 Å². The molecule has 0 aliphatic carbocycles. The number of amides is 3. The number of thiazole rings is 1. The highest BCUT2D eigenvalue weighted by Gasteiger charge is 2.44. The van der Waals surface area contributed by atoms with Gasteiger partial charge in [0.25, 0.3) is 0 Å². The first-order chi connectivity index (χ1) is 32.2. The van der Waals surface area contributed by atoms with Gasteiger partial charge >= 0.3 is 0 Å². The maximum absolute atomic E-state index is 14.0. The first-order valence-corrected chi connectivity index (χ1v) is 24.5. The van der Waals surface area contributed by atoms with E-state index in [-0.39, 0.29) is 55.2 Å². The van der Waals surface area contributed by atoms with Crippen LogP contribution < -0.4 is 20.7 Å². The van der Waals surface area contributed by atoms with Gasteiger partial charge in [-0.1, -0.05) is 94.3 Å². The fraction of sp³-hybridized carbons (Fsp3) is 0.396. The van der Waals surface area contributed by atoms with Gasteiger partial charge in [-0.3, -0.25) is 14.4 Å². The summed E-state index contributed by atoms with van der Waals surface area (Å²) in [6, 6.07) is 28.3. The van der Waals surface area contributed by atoms with Gasteiger partial charge in [-0.05, 0) is 114 Å². The number of phenols is 2. The topological polar surface area (TPSA) is 173 Å². The Morgan fingerprint density at radius 3 is 2.07 bits per heavy atom. The molecule has 1 saturated heterocycles. The van der Waals surface area contributed by atoms with Crippen molar-refractivity contribution in [3.8, 4) is 27.7 Å². The van der Waals surface area contributed by atoms with E-state index in [0.717, 1.165) is 81.1 Å². The Kier molecular flexibility index (Phi) is 18.4. The van der Waals surface area contributed by atoms with E-state index in [9.17, 15) is 29.7 Å². The molecule has 6 N–H and O–H groups in total. The maximum Gasteiger partial charge on any atom is 0.246 e. The van der Waals surface area contributed by atoms with Crippen LogP contribution in [-0.2, 0) is 20.9 Å². The third-order valence-electron chi connectivity index (χ3n) is 11.9. The molecule has 5 aromatic rings. The number of nitrogens with zero attached hydrogens (tertiary/aromatic N) is 2. The van der Waals surface area contributed by atoms with Gasteiger partial charge in [0.2, 0.25) is 17.7 Å². The van der Waals surface area contributed by atoms with Gasteiger partial charge in [0.05, 0.1) is 22.2 Å². The lowest BCUT2D eigenvalue weighted by atomic mass is 9.85. The molecule has 3 atom stereocenters. The van der Waals surface area contributed by atoms with Crippen molar-refractivity contribution in [1.82, 2.24) is 25.8 Å². The maximum atomic E-state index is 14.0. The number of β-amino-alcohol motifs (C(OH)–C–C–N with tert-alkyl or cyclic N) is 1. The number of phenolic OH excluding ortho intramolecular Hbond substituents is 2. The molecule has 0 spiro atoms. The van der Waals surface area contributed by atoms with Gasteiger partial charge in [0.15, 0.2) is 0 Å². The number of aliphatic hydroxyl groups is 1. The quantitative estimate of drug-likeness (QED) is 0.0225. The Morgan fingerprint density at radius 2 is 1.46 bits per heavy atom. The molecule has 2 heterocycles. The summed E-state index contributed by atoms with van der Waals surface area (Å²) in [5, 5.41) is 39.8. The lowest BCUT2D eigenvalue weighted by molar-refractivity contribution is -0.144. The van der Waals surface area contributed by atoms with Crippen molar-refractivity contribution in [2.45, 2.75) is 97.4 Å². The second-order valence-electron chi connectivity index (χ2n) is 18.1. The average Bonchev–Trinajstić information content (AvgIpc) is 3.93. The Balaban J connectivity index is 0.901. The number of unbranched alkanes of at least 4 members (excludes halogenated alkanes) is 3. The number of aromatic hydroxyl groups is 2. The second-order valence-corrected chi connectivity index (χ2v) is 19.4. The minimum absolute atomic E-state index is 0.0252. The van der Waals surface area contributed by atoms with E-state index >= 15 is 0 Å².